The molecule has 0 radical (unpaired) electrons. The van der Waals surface area contributed by atoms with E-state index in [1.807, 2.05) is 0 Å². The maximum absolute atomic E-state index is 2.46. The molecule has 0 amide bonds. The van der Waals surface area contributed by atoms with Gasteiger partial charge < -0.3 is 0 Å². The Morgan fingerprint density at radius 2 is 1.43 bits per heavy atom. The van der Waals surface area contributed by atoms with Gasteiger partial charge in [-0.3, -0.25) is 0 Å². The number of rotatable bonds is 4. The molecule has 0 aliphatic rings. The van der Waals surface area contributed by atoms with Gasteiger partial charge in [0.15, 0.2) is 11.8 Å². The summed E-state index contributed by atoms with van der Waals surface area (Å²) >= 11 is 0. The molecular formula is C6H14Cl+. The Balaban J connectivity index is 2.45. The molecule has 0 heterocycles. The second kappa shape index (κ2) is 6.29. The quantitative estimate of drug-likeness (QED) is 0.394. The third-order valence-corrected chi connectivity index (χ3v) is 1.94. The summed E-state index contributed by atoms with van der Waals surface area (Å²) in [6, 6.07) is 0. The van der Waals surface area contributed by atoms with Crippen molar-refractivity contribution in [3.63, 3.8) is 0 Å². The Morgan fingerprint density at radius 3 is 1.71 bits per heavy atom. The molecule has 0 aliphatic carbocycles. The molecule has 1 heteroatoms. The fourth-order valence-corrected chi connectivity index (χ4v) is 1.09. The first-order valence-corrected chi connectivity index (χ1v) is 4.02. The van der Waals surface area contributed by atoms with Crippen LogP contribution in [0.3, 0.4) is 0 Å². The van der Waals surface area contributed by atoms with Crippen molar-refractivity contribution < 1.29 is 10.8 Å². The normalized spacial score (nSPS) is 9.43. The molecule has 7 heavy (non-hydrogen) atoms. The van der Waals surface area contributed by atoms with E-state index in [9.17, 15) is 0 Å². The van der Waals surface area contributed by atoms with Crippen LogP contribution in [0.1, 0.15) is 26.7 Å². The number of alkyl halides is 2. The van der Waals surface area contributed by atoms with Gasteiger partial charge in [0.2, 0.25) is 0 Å². The van der Waals surface area contributed by atoms with Crippen LogP contribution >= 0.6 is 0 Å². The standard InChI is InChI=1S/C6H14Cl/c1-3-5-7-6-4-2/h3-6H2,1-2H3/q+1. The molecule has 0 aromatic rings. The van der Waals surface area contributed by atoms with Gasteiger partial charge in [0.05, 0.1) is 0 Å². The van der Waals surface area contributed by atoms with Crippen molar-refractivity contribution >= 4 is 0 Å². The average Bonchev–Trinajstić information content (AvgIpc) is 1.69. The molecule has 0 N–H and O–H groups in total. The lowest BCUT2D eigenvalue weighted by Gasteiger charge is -1.75. The summed E-state index contributed by atoms with van der Waals surface area (Å²) < 4.78 is 0. The molecule has 0 spiro atoms. The van der Waals surface area contributed by atoms with Crippen LogP contribution in [0, 0.1) is 10.8 Å². The molecule has 0 saturated carbocycles. The van der Waals surface area contributed by atoms with Gasteiger partial charge in [0, 0.05) is 0 Å². The lowest BCUT2D eigenvalue weighted by Crippen LogP contribution is -1.90. The average molecular weight is 122 g/mol. The fourth-order valence-electron chi connectivity index (χ4n) is 0.362. The second-order valence-corrected chi connectivity index (χ2v) is 2.70. The Kier molecular flexibility index (Phi) is 6.55. The third-order valence-electron chi connectivity index (χ3n) is 0.645. The summed E-state index contributed by atoms with van der Waals surface area (Å²) in [4.78, 5) is 0. The van der Waals surface area contributed by atoms with Crippen LogP contribution in [0.2, 0.25) is 0 Å². The second-order valence-electron chi connectivity index (χ2n) is 1.57. The Morgan fingerprint density at radius 1 is 1.00 bits per heavy atom. The number of halogens is 1. The summed E-state index contributed by atoms with van der Waals surface area (Å²) in [7, 11) is 2.46. The Bertz CT molecular complexity index is 23.4. The molecule has 0 aliphatic heterocycles. The van der Waals surface area contributed by atoms with Crippen LogP contribution in [0.25, 0.3) is 0 Å². The molecule has 0 unspecified atom stereocenters. The zero-order valence-electron chi connectivity index (χ0n) is 5.21. The van der Waals surface area contributed by atoms with Gasteiger partial charge in [0.1, 0.15) is 10.8 Å². The van der Waals surface area contributed by atoms with E-state index in [4.69, 9.17) is 0 Å². The highest BCUT2D eigenvalue weighted by Gasteiger charge is 1.96. The summed E-state index contributed by atoms with van der Waals surface area (Å²) in [6.07, 6.45) is 2.60. The van der Waals surface area contributed by atoms with Gasteiger partial charge in [-0.2, -0.15) is 0 Å². The summed E-state index contributed by atoms with van der Waals surface area (Å²) in [5, 5.41) is 0. The van der Waals surface area contributed by atoms with Crippen LogP contribution in [-0.4, -0.2) is 11.8 Å². The van der Waals surface area contributed by atoms with Gasteiger partial charge in [-0.1, -0.05) is 13.8 Å². The zero-order valence-corrected chi connectivity index (χ0v) is 5.96. The van der Waals surface area contributed by atoms with Crippen LogP contribution < -0.4 is 0 Å². The van der Waals surface area contributed by atoms with E-state index >= 15 is 0 Å². The molecule has 0 aromatic carbocycles. The minimum absolute atomic E-state index is 1.29. The smallest absolute Gasteiger partial charge is 0.0602 e. The highest BCUT2D eigenvalue weighted by molar-refractivity contribution is 4.17. The first kappa shape index (κ1) is 7.29. The van der Waals surface area contributed by atoms with Crippen molar-refractivity contribution in [1.82, 2.24) is 0 Å². The Hall–Kier alpha value is 0.290. The van der Waals surface area contributed by atoms with Crippen molar-refractivity contribution in [2.45, 2.75) is 26.7 Å². The largest absolute Gasteiger partial charge is 0.172 e. The molecule has 0 nitrogen and oxygen atoms in total. The molecule has 0 atom stereocenters. The van der Waals surface area contributed by atoms with Gasteiger partial charge in [0.25, 0.3) is 0 Å². The monoisotopic (exact) mass is 121 g/mol. The SMILES string of the molecule is CCC[Cl+]CCC. The van der Waals surface area contributed by atoms with E-state index in [0.717, 1.165) is 0 Å². The van der Waals surface area contributed by atoms with Crippen LogP contribution in [0.5, 0.6) is 0 Å². The fraction of sp³-hybridized carbons (Fsp3) is 1.00. The van der Waals surface area contributed by atoms with Crippen LogP contribution in [-0.2, 0) is 0 Å². The van der Waals surface area contributed by atoms with Crippen molar-refractivity contribution in [2.75, 3.05) is 11.8 Å². The van der Waals surface area contributed by atoms with Crippen molar-refractivity contribution in [3.05, 3.63) is 0 Å². The first-order chi connectivity index (χ1) is 3.41. The van der Waals surface area contributed by atoms with E-state index in [1.165, 1.54) is 24.6 Å². The summed E-state index contributed by atoms with van der Waals surface area (Å²) in [5.41, 5.74) is 0. The topological polar surface area (TPSA) is 0 Å². The predicted molar refractivity (Wildman–Crippen MR) is 30.3 cm³/mol. The van der Waals surface area contributed by atoms with Gasteiger partial charge >= 0.3 is 0 Å². The van der Waals surface area contributed by atoms with Crippen LogP contribution in [0.15, 0.2) is 0 Å². The molecule has 44 valence electrons. The first-order valence-electron chi connectivity index (χ1n) is 2.95. The van der Waals surface area contributed by atoms with E-state index < -0.39 is 0 Å². The molecule has 0 rings (SSSR count). The Labute approximate surface area is 50.0 Å². The third kappa shape index (κ3) is 6.29. The van der Waals surface area contributed by atoms with Crippen molar-refractivity contribution in [1.29, 1.82) is 0 Å². The molecular weight excluding hydrogens is 108 g/mol. The molecule has 0 fully saturated rings. The van der Waals surface area contributed by atoms with Gasteiger partial charge in [-0.15, -0.1) is 0 Å². The maximum atomic E-state index is 2.46. The minimum atomic E-state index is 1.29. The van der Waals surface area contributed by atoms with Gasteiger partial charge in [-0.25, -0.2) is 0 Å². The predicted octanol–water partition coefficient (Wildman–Crippen LogP) is 1.89. The van der Waals surface area contributed by atoms with Crippen molar-refractivity contribution in [2.24, 2.45) is 0 Å². The zero-order chi connectivity index (χ0) is 5.54. The maximum Gasteiger partial charge on any atom is 0.172 e. The van der Waals surface area contributed by atoms with Gasteiger partial charge in [-0.05, 0) is 12.8 Å². The lowest BCUT2D eigenvalue weighted by atomic mass is 10.6. The highest BCUT2D eigenvalue weighted by atomic mass is 35.5. The van der Waals surface area contributed by atoms with Crippen molar-refractivity contribution in [3.8, 4) is 0 Å². The van der Waals surface area contributed by atoms with E-state index in [2.05, 4.69) is 24.6 Å². The molecule has 0 aromatic heterocycles. The van der Waals surface area contributed by atoms with Crippen LogP contribution in [0.4, 0.5) is 0 Å². The summed E-state index contributed by atoms with van der Waals surface area (Å²) in [6.45, 7) is 4.42. The van der Waals surface area contributed by atoms with E-state index in [0.29, 0.717) is 0 Å². The molecule has 0 saturated heterocycles. The highest BCUT2D eigenvalue weighted by Crippen LogP contribution is 1.82. The number of hydrogen-bond donors (Lipinski definition) is 0. The lowest BCUT2D eigenvalue weighted by molar-refractivity contribution is -0.654. The molecule has 0 bridgehead atoms. The van der Waals surface area contributed by atoms with E-state index in [1.54, 1.807) is 0 Å². The van der Waals surface area contributed by atoms with E-state index in [-0.39, 0.29) is 0 Å². The number of hydrogen-bond acceptors (Lipinski definition) is 0. The summed E-state index contributed by atoms with van der Waals surface area (Å²) in [5.74, 6) is 2.57. The minimum Gasteiger partial charge on any atom is -0.0602 e.